The first-order valence-electron chi connectivity index (χ1n) is 6.83. The molecule has 0 rings (SSSR count). The van der Waals surface area contributed by atoms with Gasteiger partial charge in [-0.05, 0) is 39.0 Å². The van der Waals surface area contributed by atoms with Crippen LogP contribution in [0.1, 0.15) is 53.9 Å². The molecule has 0 nitrogen and oxygen atoms in total. The lowest BCUT2D eigenvalue weighted by atomic mass is 10.0. The van der Waals surface area contributed by atoms with Gasteiger partial charge in [-0.2, -0.15) is 0 Å². The summed E-state index contributed by atoms with van der Waals surface area (Å²) >= 11 is 0. The Morgan fingerprint density at radius 3 is 2.12 bits per heavy atom. The van der Waals surface area contributed by atoms with Crippen molar-refractivity contribution in [2.24, 2.45) is 5.92 Å². The van der Waals surface area contributed by atoms with E-state index in [0.717, 1.165) is 12.3 Å². The topological polar surface area (TPSA) is 0 Å². The molecule has 0 heteroatoms. The summed E-state index contributed by atoms with van der Waals surface area (Å²) in [5.41, 5.74) is 2.65. The highest BCUT2D eigenvalue weighted by Gasteiger charge is 1.95. The molecule has 0 aromatic heterocycles. The van der Waals surface area contributed by atoms with E-state index in [0.29, 0.717) is 0 Å². The third kappa shape index (κ3) is 8.74. The average Bonchev–Trinajstić information content (AvgIpc) is 2.30. The molecule has 0 N–H and O–H groups in total. The summed E-state index contributed by atoms with van der Waals surface area (Å²) in [5.74, 6) is 0.726. The van der Waals surface area contributed by atoms with Crippen LogP contribution in [0.2, 0.25) is 0 Å². The van der Waals surface area contributed by atoms with Crippen LogP contribution < -0.4 is 0 Å². The first-order chi connectivity index (χ1) is 8.13. The van der Waals surface area contributed by atoms with E-state index in [1.165, 1.54) is 24.0 Å². The van der Waals surface area contributed by atoms with Crippen molar-refractivity contribution < 1.29 is 0 Å². The third-order valence-electron chi connectivity index (χ3n) is 2.92. The van der Waals surface area contributed by atoms with Crippen molar-refractivity contribution in [2.75, 3.05) is 0 Å². The third-order valence-corrected chi connectivity index (χ3v) is 2.92. The highest BCUT2D eigenvalue weighted by molar-refractivity contribution is 5.26. The summed E-state index contributed by atoms with van der Waals surface area (Å²) in [6.07, 6.45) is 16.8. The van der Waals surface area contributed by atoms with Crippen LogP contribution in [0, 0.1) is 5.92 Å². The molecular formula is C17H28. The Morgan fingerprint density at radius 2 is 1.59 bits per heavy atom. The normalized spacial score (nSPS) is 14.5. The molecule has 0 bridgehead atoms. The maximum absolute atomic E-state index is 2.33. The quantitative estimate of drug-likeness (QED) is 0.484. The van der Waals surface area contributed by atoms with Crippen LogP contribution in [-0.4, -0.2) is 0 Å². The molecule has 0 unspecified atom stereocenters. The van der Waals surface area contributed by atoms with E-state index in [-0.39, 0.29) is 0 Å². The molecule has 17 heavy (non-hydrogen) atoms. The summed E-state index contributed by atoms with van der Waals surface area (Å²) < 4.78 is 0. The molecule has 0 aliphatic rings. The number of allylic oxidation sites excluding steroid dienone is 8. The minimum Gasteiger partial charge on any atom is -0.0819 e. The zero-order chi connectivity index (χ0) is 13.1. The molecule has 0 aliphatic carbocycles. The summed E-state index contributed by atoms with van der Waals surface area (Å²) in [6.45, 7) is 11.0. The molecule has 0 atom stereocenters. The van der Waals surface area contributed by atoms with Crippen LogP contribution in [0.3, 0.4) is 0 Å². The summed E-state index contributed by atoms with van der Waals surface area (Å²) in [7, 11) is 0. The Labute approximate surface area is 108 Å². The lowest BCUT2D eigenvalue weighted by molar-refractivity contribution is 0.606. The Hall–Kier alpha value is -1.04. The first kappa shape index (κ1) is 16.0. The molecule has 96 valence electrons. The van der Waals surface area contributed by atoms with Gasteiger partial charge < -0.3 is 0 Å². The van der Waals surface area contributed by atoms with Gasteiger partial charge in [0.05, 0.1) is 0 Å². The van der Waals surface area contributed by atoms with E-state index in [9.17, 15) is 0 Å². The van der Waals surface area contributed by atoms with E-state index >= 15 is 0 Å². The molecule has 0 spiro atoms. The van der Waals surface area contributed by atoms with Crippen molar-refractivity contribution in [2.45, 2.75) is 53.9 Å². The highest BCUT2D eigenvalue weighted by Crippen LogP contribution is 2.10. The van der Waals surface area contributed by atoms with Gasteiger partial charge >= 0.3 is 0 Å². The van der Waals surface area contributed by atoms with Gasteiger partial charge in [-0.15, -0.1) is 0 Å². The van der Waals surface area contributed by atoms with Crippen LogP contribution in [0.25, 0.3) is 0 Å². The lowest BCUT2D eigenvalue weighted by Gasteiger charge is -2.04. The van der Waals surface area contributed by atoms with Gasteiger partial charge in [0.15, 0.2) is 0 Å². The van der Waals surface area contributed by atoms with Crippen LogP contribution in [-0.2, 0) is 0 Å². The van der Waals surface area contributed by atoms with E-state index in [1.807, 2.05) is 0 Å². The minimum atomic E-state index is 0.726. The maximum atomic E-state index is 2.33. The van der Waals surface area contributed by atoms with Gasteiger partial charge in [-0.1, -0.05) is 68.4 Å². The summed E-state index contributed by atoms with van der Waals surface area (Å²) in [4.78, 5) is 0. The predicted octanol–water partition coefficient (Wildman–Crippen LogP) is 5.84. The molecule has 0 saturated heterocycles. The fraction of sp³-hybridized carbons (Fsp3) is 0.529. The standard InChI is InChI=1S/C17H28/c1-6-10-15(4)11-9-12-16(5)13-14-17(7-2)8-3/h9-14,17H,6-8H2,1-5H3/b11-9+,14-13+,15-10+,16-12+. The Morgan fingerprint density at radius 1 is 0.941 bits per heavy atom. The molecule has 0 fully saturated rings. The van der Waals surface area contributed by atoms with E-state index in [4.69, 9.17) is 0 Å². The van der Waals surface area contributed by atoms with E-state index in [2.05, 4.69) is 71.1 Å². The number of hydrogen-bond donors (Lipinski definition) is 0. The Bertz CT molecular complexity index is 296. The second-order valence-corrected chi connectivity index (χ2v) is 4.56. The molecular weight excluding hydrogens is 204 g/mol. The summed E-state index contributed by atoms with van der Waals surface area (Å²) in [6, 6.07) is 0. The van der Waals surface area contributed by atoms with Gasteiger partial charge in [-0.25, -0.2) is 0 Å². The van der Waals surface area contributed by atoms with Crippen molar-refractivity contribution in [3.63, 3.8) is 0 Å². The number of hydrogen-bond acceptors (Lipinski definition) is 0. The predicted molar refractivity (Wildman–Crippen MR) is 80.2 cm³/mol. The van der Waals surface area contributed by atoms with E-state index in [1.54, 1.807) is 0 Å². The van der Waals surface area contributed by atoms with Crippen LogP contribution in [0.4, 0.5) is 0 Å². The fourth-order valence-corrected chi connectivity index (χ4v) is 1.65. The van der Waals surface area contributed by atoms with Gasteiger partial charge in [0.2, 0.25) is 0 Å². The largest absolute Gasteiger partial charge is 0.0819 e. The van der Waals surface area contributed by atoms with Crippen molar-refractivity contribution in [3.05, 3.63) is 47.6 Å². The van der Waals surface area contributed by atoms with Crippen LogP contribution in [0.5, 0.6) is 0 Å². The summed E-state index contributed by atoms with van der Waals surface area (Å²) in [5, 5.41) is 0. The van der Waals surface area contributed by atoms with Gasteiger partial charge in [0.1, 0.15) is 0 Å². The van der Waals surface area contributed by atoms with Crippen LogP contribution in [0.15, 0.2) is 47.6 Å². The first-order valence-corrected chi connectivity index (χ1v) is 6.83. The van der Waals surface area contributed by atoms with Crippen molar-refractivity contribution in [1.82, 2.24) is 0 Å². The second kappa shape index (κ2) is 10.1. The number of rotatable bonds is 7. The lowest BCUT2D eigenvalue weighted by Crippen LogP contribution is -1.90. The molecule has 0 aliphatic heterocycles. The zero-order valence-corrected chi connectivity index (χ0v) is 12.2. The maximum Gasteiger partial charge on any atom is -0.0236 e. The monoisotopic (exact) mass is 232 g/mol. The Balaban J connectivity index is 4.31. The van der Waals surface area contributed by atoms with Crippen molar-refractivity contribution in [3.8, 4) is 0 Å². The second-order valence-electron chi connectivity index (χ2n) is 4.56. The molecule has 0 aromatic carbocycles. The van der Waals surface area contributed by atoms with Crippen LogP contribution >= 0.6 is 0 Å². The molecule has 0 aromatic rings. The molecule has 0 saturated carbocycles. The van der Waals surface area contributed by atoms with E-state index < -0.39 is 0 Å². The molecule has 0 radical (unpaired) electrons. The fourth-order valence-electron chi connectivity index (χ4n) is 1.65. The smallest absolute Gasteiger partial charge is 0.0236 e. The average molecular weight is 232 g/mol. The zero-order valence-electron chi connectivity index (χ0n) is 12.2. The van der Waals surface area contributed by atoms with Gasteiger partial charge in [0, 0.05) is 0 Å². The molecule has 0 amide bonds. The highest BCUT2D eigenvalue weighted by atomic mass is 14.0. The minimum absolute atomic E-state index is 0.726. The van der Waals surface area contributed by atoms with Gasteiger partial charge in [0.25, 0.3) is 0 Å². The van der Waals surface area contributed by atoms with Crippen molar-refractivity contribution >= 4 is 0 Å². The Kier molecular flexibility index (Phi) is 9.52. The SMILES string of the molecule is CC/C=C(C)/C=C/C=C(C)/C=C/C(CC)CC. The van der Waals surface area contributed by atoms with Gasteiger partial charge in [-0.3, -0.25) is 0 Å². The van der Waals surface area contributed by atoms with Crippen molar-refractivity contribution in [1.29, 1.82) is 0 Å². The molecule has 0 heterocycles.